The van der Waals surface area contributed by atoms with E-state index in [2.05, 4.69) is 10.3 Å². The van der Waals surface area contributed by atoms with Gasteiger partial charge in [-0.15, -0.1) is 0 Å². The molecule has 0 atom stereocenters. The molecule has 1 aliphatic rings. The number of aryl methyl sites for hydroxylation is 1. The van der Waals surface area contributed by atoms with Crippen molar-refractivity contribution in [1.82, 2.24) is 5.32 Å². The molecule has 0 aromatic heterocycles. The fraction of sp³-hybridized carbons (Fsp3) is 0.120. The summed E-state index contributed by atoms with van der Waals surface area (Å²) < 4.78 is 67.1. The second-order valence-electron chi connectivity index (χ2n) is 7.92. The highest BCUT2D eigenvalue weighted by atomic mass is 32.2. The van der Waals surface area contributed by atoms with Crippen LogP contribution in [0.15, 0.2) is 82.7 Å². The zero-order valence-electron chi connectivity index (χ0n) is 19.2. The lowest BCUT2D eigenvalue weighted by Crippen LogP contribution is -2.29. The summed E-state index contributed by atoms with van der Waals surface area (Å²) in [6, 6.07) is 20.2. The van der Waals surface area contributed by atoms with E-state index >= 15 is 0 Å². The van der Waals surface area contributed by atoms with Crippen LogP contribution < -0.4 is 14.8 Å². The highest BCUT2D eigenvalue weighted by Crippen LogP contribution is 2.30. The fourth-order valence-electron chi connectivity index (χ4n) is 3.08. The summed E-state index contributed by atoms with van der Waals surface area (Å²) >= 11 is 1.10. The highest BCUT2D eigenvalue weighted by Gasteiger charge is 2.46. The van der Waals surface area contributed by atoms with Crippen LogP contribution in [0.2, 0.25) is 0 Å². The summed E-state index contributed by atoms with van der Waals surface area (Å²) in [5.41, 5.74) is -2.36. The quantitative estimate of drug-likeness (QED) is 0.369. The van der Waals surface area contributed by atoms with Crippen molar-refractivity contribution >= 4 is 50.3 Å². The number of halogens is 3. The summed E-state index contributed by atoms with van der Waals surface area (Å²) in [7, 11) is -5.51. The van der Waals surface area contributed by atoms with E-state index in [-0.39, 0.29) is 16.8 Å². The molecule has 4 rings (SSSR count). The minimum Gasteiger partial charge on any atom is -0.489 e. The van der Waals surface area contributed by atoms with Gasteiger partial charge in [-0.25, -0.2) is 4.99 Å². The number of rotatable bonds is 7. The standard InChI is InChI=1S/C25H20F3N3O4S2/c1-16-2-4-18(5-3-16)15-35-21-12-6-17(7-13-21)14-22-23(32)30-24(36-22)29-19-8-10-20(11-9-19)31-37(33,34)25(26,27)28/h2-14,31H,15H2,1H3,(H,29,30,32)/b22-14+. The Morgan fingerprint density at radius 2 is 1.65 bits per heavy atom. The van der Waals surface area contributed by atoms with E-state index in [0.29, 0.717) is 22.9 Å². The Balaban J connectivity index is 1.37. The largest absolute Gasteiger partial charge is 0.516 e. The third-order valence-corrected chi connectivity index (χ3v) is 7.03. The minimum absolute atomic E-state index is 0.267. The van der Waals surface area contributed by atoms with Crippen molar-refractivity contribution in [2.24, 2.45) is 4.99 Å². The number of carbonyl (C=O) groups excluding carboxylic acids is 1. The number of sulfonamides is 1. The van der Waals surface area contributed by atoms with Gasteiger partial charge >= 0.3 is 15.5 Å². The van der Waals surface area contributed by atoms with Crippen LogP contribution in [0.25, 0.3) is 6.08 Å². The summed E-state index contributed by atoms with van der Waals surface area (Å²) in [5.74, 6) is 0.340. The Kier molecular flexibility index (Phi) is 7.60. The first-order valence-electron chi connectivity index (χ1n) is 10.8. The molecular weight excluding hydrogens is 527 g/mol. The number of benzene rings is 3. The monoisotopic (exact) mass is 547 g/mol. The average molecular weight is 548 g/mol. The van der Waals surface area contributed by atoms with Gasteiger partial charge in [-0.1, -0.05) is 42.0 Å². The van der Waals surface area contributed by atoms with Gasteiger partial charge in [0, 0.05) is 5.69 Å². The van der Waals surface area contributed by atoms with Crippen LogP contribution in [0.5, 0.6) is 5.75 Å². The van der Waals surface area contributed by atoms with Crippen LogP contribution >= 0.6 is 11.8 Å². The molecule has 3 aromatic rings. The molecule has 1 heterocycles. The lowest BCUT2D eigenvalue weighted by molar-refractivity contribution is -0.115. The van der Waals surface area contributed by atoms with Gasteiger partial charge in [-0.3, -0.25) is 9.52 Å². The molecular formula is C25H20F3N3O4S2. The number of amides is 1. The van der Waals surface area contributed by atoms with Crippen molar-refractivity contribution in [2.45, 2.75) is 19.0 Å². The Morgan fingerprint density at radius 3 is 2.27 bits per heavy atom. The number of hydrogen-bond donors (Lipinski definition) is 2. The van der Waals surface area contributed by atoms with E-state index in [1.54, 1.807) is 6.08 Å². The number of aliphatic imine (C=N–C) groups is 1. The maximum atomic E-state index is 12.5. The number of hydrogen-bond acceptors (Lipinski definition) is 6. The van der Waals surface area contributed by atoms with E-state index in [9.17, 15) is 26.4 Å². The minimum atomic E-state index is -5.51. The SMILES string of the molecule is Cc1ccc(COc2ccc(/C=C3/SC(=Nc4ccc(NS(=O)(=O)C(F)(F)F)cc4)NC3=O)cc2)cc1. The molecule has 3 aromatic carbocycles. The zero-order chi connectivity index (χ0) is 26.6. The van der Waals surface area contributed by atoms with E-state index in [4.69, 9.17) is 4.74 Å². The molecule has 0 bridgehead atoms. The summed E-state index contributed by atoms with van der Waals surface area (Å²) in [6.45, 7) is 2.46. The molecule has 0 unspecified atom stereocenters. The van der Waals surface area contributed by atoms with E-state index < -0.39 is 15.5 Å². The van der Waals surface area contributed by atoms with Gasteiger partial charge in [-0.2, -0.15) is 21.6 Å². The molecule has 1 saturated heterocycles. The van der Waals surface area contributed by atoms with E-state index in [0.717, 1.165) is 35.0 Å². The molecule has 12 heteroatoms. The Hall–Kier alpha value is -3.77. The lowest BCUT2D eigenvalue weighted by atomic mass is 10.1. The first-order chi connectivity index (χ1) is 17.5. The van der Waals surface area contributed by atoms with Crippen LogP contribution in [0, 0.1) is 6.92 Å². The molecule has 0 radical (unpaired) electrons. The molecule has 1 amide bonds. The second kappa shape index (κ2) is 10.7. The zero-order valence-corrected chi connectivity index (χ0v) is 20.9. The first-order valence-corrected chi connectivity index (χ1v) is 13.1. The number of anilines is 1. The second-order valence-corrected chi connectivity index (χ2v) is 10.6. The molecule has 37 heavy (non-hydrogen) atoms. The van der Waals surface area contributed by atoms with Gasteiger partial charge in [0.25, 0.3) is 5.91 Å². The summed E-state index contributed by atoms with van der Waals surface area (Å²) in [4.78, 5) is 17.0. The first kappa shape index (κ1) is 26.3. The van der Waals surface area contributed by atoms with Crippen molar-refractivity contribution < 1.29 is 31.1 Å². The lowest BCUT2D eigenvalue weighted by Gasteiger charge is -2.10. The number of ether oxygens (including phenoxy) is 1. The summed E-state index contributed by atoms with van der Waals surface area (Å²) in [6.07, 6.45) is 1.70. The number of nitrogens with one attached hydrogen (secondary N) is 2. The third kappa shape index (κ3) is 6.92. The van der Waals surface area contributed by atoms with Crippen molar-refractivity contribution in [3.63, 3.8) is 0 Å². The van der Waals surface area contributed by atoms with Gasteiger partial charge in [0.15, 0.2) is 5.17 Å². The number of alkyl halides is 3. The van der Waals surface area contributed by atoms with E-state index in [1.165, 1.54) is 22.4 Å². The maximum absolute atomic E-state index is 12.5. The molecule has 1 fully saturated rings. The Bertz CT molecular complexity index is 1450. The van der Waals surface area contributed by atoms with Crippen molar-refractivity contribution in [1.29, 1.82) is 0 Å². The molecule has 0 aliphatic carbocycles. The van der Waals surface area contributed by atoms with Crippen LogP contribution in [0.4, 0.5) is 24.5 Å². The fourth-order valence-corrected chi connectivity index (χ4v) is 4.48. The molecule has 1 aliphatic heterocycles. The van der Waals surface area contributed by atoms with Crippen LogP contribution in [-0.4, -0.2) is 25.0 Å². The molecule has 0 spiro atoms. The average Bonchev–Trinajstić information content (AvgIpc) is 3.18. The molecule has 7 nitrogen and oxygen atoms in total. The van der Waals surface area contributed by atoms with Crippen LogP contribution in [0.3, 0.4) is 0 Å². The predicted octanol–water partition coefficient (Wildman–Crippen LogP) is 5.73. The molecule has 192 valence electrons. The number of amidine groups is 1. The topological polar surface area (TPSA) is 96.9 Å². The molecule has 0 saturated carbocycles. The van der Waals surface area contributed by atoms with Crippen molar-refractivity contribution in [3.8, 4) is 5.75 Å². The van der Waals surface area contributed by atoms with Crippen LogP contribution in [-0.2, 0) is 21.4 Å². The van der Waals surface area contributed by atoms with E-state index in [1.807, 2.05) is 55.5 Å². The van der Waals surface area contributed by atoms with Crippen molar-refractivity contribution in [3.05, 3.63) is 94.4 Å². The normalized spacial score (nSPS) is 16.2. The Morgan fingerprint density at radius 1 is 1.00 bits per heavy atom. The summed E-state index contributed by atoms with van der Waals surface area (Å²) in [5, 5.41) is 2.90. The van der Waals surface area contributed by atoms with Gasteiger partial charge in [0.05, 0.1) is 10.6 Å². The third-order valence-electron chi connectivity index (χ3n) is 5.01. The predicted molar refractivity (Wildman–Crippen MR) is 138 cm³/mol. The van der Waals surface area contributed by atoms with Crippen LogP contribution in [0.1, 0.15) is 16.7 Å². The molecule has 2 N–H and O–H groups in total. The van der Waals surface area contributed by atoms with Gasteiger partial charge in [0.1, 0.15) is 12.4 Å². The van der Waals surface area contributed by atoms with Gasteiger partial charge in [0.2, 0.25) is 0 Å². The number of nitrogens with zero attached hydrogens (tertiary/aromatic N) is 1. The Labute approximate surface area is 215 Å². The number of carbonyl (C=O) groups is 1. The van der Waals surface area contributed by atoms with Gasteiger partial charge < -0.3 is 10.1 Å². The maximum Gasteiger partial charge on any atom is 0.516 e. The smallest absolute Gasteiger partial charge is 0.489 e. The highest BCUT2D eigenvalue weighted by molar-refractivity contribution is 8.18. The number of thioether (sulfide) groups is 1. The van der Waals surface area contributed by atoms with Crippen molar-refractivity contribution in [2.75, 3.05) is 4.72 Å². The van der Waals surface area contributed by atoms with Gasteiger partial charge in [-0.05, 0) is 72.3 Å².